The lowest BCUT2D eigenvalue weighted by Gasteiger charge is -2.31. The Hall–Kier alpha value is -1.72. The van der Waals surface area contributed by atoms with Crippen LogP contribution in [0.4, 0.5) is 5.00 Å². The highest BCUT2D eigenvalue weighted by atomic mass is 32.1. The Labute approximate surface area is 134 Å². The zero-order valence-corrected chi connectivity index (χ0v) is 13.2. The monoisotopic (exact) mass is 313 g/mol. The Balaban J connectivity index is 1.58. The predicted molar refractivity (Wildman–Crippen MR) is 89.1 cm³/mol. The Morgan fingerprint density at radius 2 is 1.91 bits per heavy atom. The fourth-order valence-electron chi connectivity index (χ4n) is 3.54. The highest BCUT2D eigenvalue weighted by molar-refractivity contribution is 7.10. The molecule has 0 atom stereocenters. The van der Waals surface area contributed by atoms with Gasteiger partial charge in [0, 0.05) is 18.2 Å². The van der Waals surface area contributed by atoms with Gasteiger partial charge >= 0.3 is 0 Å². The first-order chi connectivity index (χ1) is 10.8. The number of anilines is 1. The molecule has 1 amide bonds. The molecular weight excluding hydrogens is 294 g/mol. The Morgan fingerprint density at radius 1 is 1.14 bits per heavy atom. The fourth-order valence-corrected chi connectivity index (χ4v) is 4.32. The van der Waals surface area contributed by atoms with Crippen molar-refractivity contribution in [3.8, 4) is 11.3 Å². The quantitative estimate of drug-likeness (QED) is 0.927. The summed E-state index contributed by atoms with van der Waals surface area (Å²) in [6, 6.07) is 12.2. The van der Waals surface area contributed by atoms with Crippen LogP contribution in [0.25, 0.3) is 11.3 Å². The summed E-state index contributed by atoms with van der Waals surface area (Å²) in [5.41, 5.74) is 1.94. The number of carbonyl (C=O) groups is 1. The second-order valence-corrected chi connectivity index (χ2v) is 6.94. The molecule has 5 heteroatoms. The van der Waals surface area contributed by atoms with Crippen molar-refractivity contribution in [2.24, 2.45) is 5.41 Å². The summed E-state index contributed by atoms with van der Waals surface area (Å²) in [6.07, 6.45) is 2.91. The van der Waals surface area contributed by atoms with Gasteiger partial charge in [0.15, 0.2) is 0 Å². The van der Waals surface area contributed by atoms with Crippen molar-refractivity contribution in [3.05, 3.63) is 36.4 Å². The average molecular weight is 313 g/mol. The molecule has 2 saturated heterocycles. The minimum absolute atomic E-state index is 0.123. The summed E-state index contributed by atoms with van der Waals surface area (Å²) in [6.45, 7) is 2.74. The third kappa shape index (κ3) is 2.25. The molecule has 1 aromatic carbocycles. The van der Waals surface area contributed by atoms with Crippen molar-refractivity contribution < 1.29 is 4.79 Å². The zero-order chi connectivity index (χ0) is 15.0. The Kier molecular flexibility index (Phi) is 3.47. The molecule has 0 aliphatic carbocycles. The van der Waals surface area contributed by atoms with Crippen LogP contribution in [0.2, 0.25) is 0 Å². The van der Waals surface area contributed by atoms with Crippen LogP contribution in [0, 0.1) is 5.41 Å². The molecule has 2 aromatic rings. The first-order valence-electron chi connectivity index (χ1n) is 7.83. The van der Waals surface area contributed by atoms with E-state index in [4.69, 9.17) is 0 Å². The van der Waals surface area contributed by atoms with Crippen molar-refractivity contribution >= 4 is 22.4 Å². The summed E-state index contributed by atoms with van der Waals surface area (Å²) >= 11 is 1.43. The number of piperidine rings is 1. The van der Waals surface area contributed by atoms with Crippen molar-refractivity contribution in [2.75, 3.05) is 24.5 Å². The number of hydrogen-bond donors (Lipinski definition) is 1. The van der Waals surface area contributed by atoms with Gasteiger partial charge < -0.3 is 10.2 Å². The van der Waals surface area contributed by atoms with Gasteiger partial charge in [-0.1, -0.05) is 30.3 Å². The molecule has 0 unspecified atom stereocenters. The van der Waals surface area contributed by atoms with Crippen LogP contribution in [0.15, 0.2) is 36.4 Å². The maximum Gasteiger partial charge on any atom is 0.234 e. The Morgan fingerprint density at radius 3 is 2.68 bits per heavy atom. The van der Waals surface area contributed by atoms with Gasteiger partial charge in [-0.15, -0.1) is 0 Å². The highest BCUT2D eigenvalue weighted by Crippen LogP contribution is 2.43. The molecule has 22 heavy (non-hydrogen) atoms. The predicted octanol–water partition coefficient (Wildman–Crippen LogP) is 2.92. The van der Waals surface area contributed by atoms with E-state index in [0.29, 0.717) is 5.91 Å². The van der Waals surface area contributed by atoms with Crippen LogP contribution >= 0.6 is 11.5 Å². The number of benzene rings is 1. The van der Waals surface area contributed by atoms with Gasteiger partial charge in [0.25, 0.3) is 0 Å². The molecule has 4 nitrogen and oxygen atoms in total. The van der Waals surface area contributed by atoms with Crippen LogP contribution in [-0.4, -0.2) is 29.9 Å². The number of hydrogen-bond acceptors (Lipinski definition) is 4. The molecule has 4 rings (SSSR count). The molecule has 2 aliphatic heterocycles. The highest BCUT2D eigenvalue weighted by Gasteiger charge is 2.47. The number of aromatic nitrogens is 1. The number of amides is 1. The van der Waals surface area contributed by atoms with Crippen LogP contribution in [-0.2, 0) is 4.79 Å². The molecule has 114 valence electrons. The van der Waals surface area contributed by atoms with Gasteiger partial charge in [0.2, 0.25) is 5.91 Å². The molecule has 1 aromatic heterocycles. The third-order valence-electron chi connectivity index (χ3n) is 4.91. The molecule has 1 N–H and O–H groups in total. The SMILES string of the molecule is O=C1N(c2cc(-c3ccccc3)ns2)CCC12CCNCC2. The van der Waals surface area contributed by atoms with Gasteiger partial charge in [0.1, 0.15) is 5.00 Å². The van der Waals surface area contributed by atoms with Gasteiger partial charge in [-0.2, -0.15) is 4.37 Å². The lowest BCUT2D eigenvalue weighted by Crippen LogP contribution is -2.42. The summed E-state index contributed by atoms with van der Waals surface area (Å²) in [5.74, 6) is 0.303. The summed E-state index contributed by atoms with van der Waals surface area (Å²) in [7, 11) is 0. The molecule has 0 bridgehead atoms. The van der Waals surface area contributed by atoms with Gasteiger partial charge in [-0.25, -0.2) is 0 Å². The van der Waals surface area contributed by atoms with E-state index in [0.717, 1.165) is 55.2 Å². The van der Waals surface area contributed by atoms with Crippen molar-refractivity contribution in [1.82, 2.24) is 9.69 Å². The van der Waals surface area contributed by atoms with Crippen molar-refractivity contribution in [2.45, 2.75) is 19.3 Å². The zero-order valence-electron chi connectivity index (χ0n) is 12.4. The minimum atomic E-state index is -0.123. The van der Waals surface area contributed by atoms with Gasteiger partial charge in [-0.3, -0.25) is 4.79 Å². The smallest absolute Gasteiger partial charge is 0.234 e. The molecule has 3 heterocycles. The normalized spacial score (nSPS) is 20.7. The van der Waals surface area contributed by atoms with Gasteiger partial charge in [-0.05, 0) is 43.9 Å². The largest absolute Gasteiger partial charge is 0.317 e. The standard InChI is InChI=1S/C17H19N3OS/c21-16-17(6-9-18-10-7-17)8-11-20(16)15-12-14(19-22-15)13-4-2-1-3-5-13/h1-5,12,18H,6-11H2. The maximum absolute atomic E-state index is 12.9. The molecule has 2 fully saturated rings. The van der Waals surface area contributed by atoms with E-state index in [9.17, 15) is 4.79 Å². The average Bonchev–Trinajstić information content (AvgIpc) is 3.16. The number of nitrogens with zero attached hydrogens (tertiary/aromatic N) is 2. The fraction of sp³-hybridized carbons (Fsp3) is 0.412. The first-order valence-corrected chi connectivity index (χ1v) is 8.61. The topological polar surface area (TPSA) is 45.2 Å². The number of nitrogens with one attached hydrogen (secondary N) is 1. The molecular formula is C17H19N3OS. The summed E-state index contributed by atoms with van der Waals surface area (Å²) < 4.78 is 4.53. The van der Waals surface area contributed by atoms with Crippen LogP contribution in [0.5, 0.6) is 0 Å². The summed E-state index contributed by atoms with van der Waals surface area (Å²) in [5, 5.41) is 4.34. The lowest BCUT2D eigenvalue weighted by atomic mass is 9.78. The van der Waals surface area contributed by atoms with Crippen LogP contribution in [0.1, 0.15) is 19.3 Å². The summed E-state index contributed by atoms with van der Waals surface area (Å²) in [4.78, 5) is 14.9. The maximum atomic E-state index is 12.9. The second-order valence-electron chi connectivity index (χ2n) is 6.15. The van der Waals surface area contributed by atoms with Crippen molar-refractivity contribution in [1.29, 1.82) is 0 Å². The van der Waals surface area contributed by atoms with E-state index >= 15 is 0 Å². The number of rotatable bonds is 2. The third-order valence-corrected chi connectivity index (χ3v) is 5.72. The van der Waals surface area contributed by atoms with E-state index in [2.05, 4.69) is 27.9 Å². The van der Waals surface area contributed by atoms with E-state index in [-0.39, 0.29) is 5.41 Å². The minimum Gasteiger partial charge on any atom is -0.317 e. The molecule has 1 spiro atoms. The lowest BCUT2D eigenvalue weighted by molar-refractivity contribution is -0.126. The Bertz CT molecular complexity index is 676. The number of carbonyl (C=O) groups excluding carboxylic acids is 1. The molecule has 0 saturated carbocycles. The van der Waals surface area contributed by atoms with Crippen LogP contribution < -0.4 is 10.2 Å². The van der Waals surface area contributed by atoms with Crippen molar-refractivity contribution in [3.63, 3.8) is 0 Å². The molecule has 2 aliphatic rings. The van der Waals surface area contributed by atoms with E-state index in [1.807, 2.05) is 23.1 Å². The second kappa shape index (κ2) is 5.48. The van der Waals surface area contributed by atoms with E-state index in [1.165, 1.54) is 11.5 Å². The van der Waals surface area contributed by atoms with E-state index < -0.39 is 0 Å². The van der Waals surface area contributed by atoms with Gasteiger partial charge in [0.05, 0.1) is 11.1 Å². The molecule has 0 radical (unpaired) electrons. The first kappa shape index (κ1) is 13.9. The van der Waals surface area contributed by atoms with E-state index in [1.54, 1.807) is 0 Å². The van der Waals surface area contributed by atoms with Crippen LogP contribution in [0.3, 0.4) is 0 Å².